The van der Waals surface area contributed by atoms with Crippen LogP contribution in [0.25, 0.3) is 0 Å². The first-order valence-corrected chi connectivity index (χ1v) is 8.62. The van der Waals surface area contributed by atoms with E-state index in [0.29, 0.717) is 4.90 Å². The molecule has 0 aliphatic carbocycles. The van der Waals surface area contributed by atoms with Crippen LogP contribution in [0.3, 0.4) is 0 Å². The first-order chi connectivity index (χ1) is 9.39. The van der Waals surface area contributed by atoms with E-state index in [2.05, 4.69) is 10.0 Å². The van der Waals surface area contributed by atoms with Crippen LogP contribution in [0.4, 0.5) is 0 Å². The molecule has 1 aromatic carbocycles. The lowest BCUT2D eigenvalue weighted by molar-refractivity contribution is -0.949. The number of piperazine rings is 1. The molecule has 1 heterocycles. The van der Waals surface area contributed by atoms with Gasteiger partial charge >= 0.3 is 0 Å². The van der Waals surface area contributed by atoms with Gasteiger partial charge in [-0.05, 0) is 26.0 Å². The smallest absolute Gasteiger partial charge is 0.241 e. The van der Waals surface area contributed by atoms with Gasteiger partial charge in [0, 0.05) is 0 Å². The van der Waals surface area contributed by atoms with Gasteiger partial charge in [-0.3, -0.25) is 0 Å². The molecule has 112 valence electrons. The Bertz CT molecular complexity index is 523. The van der Waals surface area contributed by atoms with Gasteiger partial charge in [0.05, 0.1) is 17.0 Å². The summed E-state index contributed by atoms with van der Waals surface area (Å²) in [5.41, 5.74) is -0.443. The minimum absolute atomic E-state index is 0.329. The van der Waals surface area contributed by atoms with E-state index in [9.17, 15) is 8.42 Å². The van der Waals surface area contributed by atoms with Crippen molar-refractivity contribution < 1.29 is 18.6 Å². The Morgan fingerprint density at radius 3 is 2.40 bits per heavy atom. The Balaban J connectivity index is 2.03. The Hall–Kier alpha value is -0.950. The number of hydrogen-bond acceptors (Lipinski definition) is 2. The molecule has 0 radical (unpaired) electrons. The lowest BCUT2D eigenvalue weighted by Gasteiger charge is -2.31. The van der Waals surface area contributed by atoms with Crippen LogP contribution < -0.4 is 14.9 Å². The van der Waals surface area contributed by atoms with E-state index in [0.717, 1.165) is 32.7 Å². The lowest BCUT2D eigenvalue weighted by atomic mass is 10.1. The molecule has 1 saturated heterocycles. The van der Waals surface area contributed by atoms with Gasteiger partial charge in [0.1, 0.15) is 26.2 Å². The molecule has 6 heteroatoms. The standard InChI is InChI=1S/C14H23N3O2S/c1-14(2,12-17-10-8-15-9-11-17)16-20(18,19)13-6-4-3-5-7-13/h3-7,15-16H,8-12H2,1-2H3/p+2. The third kappa shape index (κ3) is 4.28. The minimum atomic E-state index is -3.44. The number of benzene rings is 1. The Morgan fingerprint density at radius 2 is 1.80 bits per heavy atom. The molecule has 0 atom stereocenters. The highest BCUT2D eigenvalue weighted by Crippen LogP contribution is 2.11. The zero-order valence-corrected chi connectivity index (χ0v) is 13.0. The lowest BCUT2D eigenvalue weighted by Crippen LogP contribution is -3.21. The van der Waals surface area contributed by atoms with Gasteiger partial charge in [0.15, 0.2) is 0 Å². The van der Waals surface area contributed by atoms with Gasteiger partial charge in [-0.1, -0.05) is 18.2 Å². The number of quaternary nitrogens is 2. The summed E-state index contributed by atoms with van der Waals surface area (Å²) >= 11 is 0. The molecule has 5 nitrogen and oxygen atoms in total. The average molecular weight is 299 g/mol. The summed E-state index contributed by atoms with van der Waals surface area (Å²) in [6.07, 6.45) is 0. The van der Waals surface area contributed by atoms with Crippen LogP contribution in [-0.2, 0) is 10.0 Å². The van der Waals surface area contributed by atoms with Gasteiger partial charge in [0.25, 0.3) is 0 Å². The highest BCUT2D eigenvalue weighted by Gasteiger charge is 2.31. The summed E-state index contributed by atoms with van der Waals surface area (Å²) in [6.45, 7) is 9.16. The van der Waals surface area contributed by atoms with Crippen molar-refractivity contribution in [2.45, 2.75) is 24.3 Å². The van der Waals surface area contributed by atoms with Crippen molar-refractivity contribution in [1.29, 1.82) is 0 Å². The molecule has 0 aromatic heterocycles. The fraction of sp³-hybridized carbons (Fsp3) is 0.571. The van der Waals surface area contributed by atoms with Crippen molar-refractivity contribution in [1.82, 2.24) is 4.72 Å². The number of hydrogen-bond donors (Lipinski definition) is 3. The second kappa shape index (κ2) is 6.22. The van der Waals surface area contributed by atoms with E-state index in [1.54, 1.807) is 24.3 Å². The zero-order valence-electron chi connectivity index (χ0n) is 12.2. The molecule has 0 unspecified atom stereocenters. The minimum Gasteiger partial charge on any atom is -0.337 e. The van der Waals surface area contributed by atoms with E-state index in [1.165, 1.54) is 4.90 Å². The maximum Gasteiger partial charge on any atom is 0.241 e. The van der Waals surface area contributed by atoms with E-state index in [4.69, 9.17) is 0 Å². The molecule has 2 rings (SSSR count). The van der Waals surface area contributed by atoms with Crippen LogP contribution in [0.5, 0.6) is 0 Å². The summed E-state index contributed by atoms with van der Waals surface area (Å²) < 4.78 is 27.6. The Labute approximate surface area is 121 Å². The second-order valence-corrected chi connectivity index (χ2v) is 7.78. The van der Waals surface area contributed by atoms with Crippen LogP contribution in [0, 0.1) is 0 Å². The van der Waals surface area contributed by atoms with E-state index in [-0.39, 0.29) is 0 Å². The van der Waals surface area contributed by atoms with Crippen molar-refractivity contribution in [3.63, 3.8) is 0 Å². The van der Waals surface area contributed by atoms with Crippen molar-refractivity contribution in [2.75, 3.05) is 32.7 Å². The zero-order chi connectivity index (χ0) is 14.6. The molecule has 1 aliphatic rings. The molecular formula is C14H25N3O2S+2. The van der Waals surface area contributed by atoms with Crippen molar-refractivity contribution in [2.24, 2.45) is 0 Å². The fourth-order valence-electron chi connectivity index (χ4n) is 2.74. The quantitative estimate of drug-likeness (QED) is 0.601. The predicted octanol–water partition coefficient (Wildman–Crippen LogP) is -1.79. The molecule has 1 aliphatic heterocycles. The van der Waals surface area contributed by atoms with Crippen LogP contribution >= 0.6 is 0 Å². The normalized spacial score (nSPS) is 18.1. The van der Waals surface area contributed by atoms with Gasteiger partial charge < -0.3 is 10.2 Å². The largest absolute Gasteiger partial charge is 0.337 e. The molecule has 1 fully saturated rings. The summed E-state index contributed by atoms with van der Waals surface area (Å²) in [6, 6.07) is 8.56. The summed E-state index contributed by atoms with van der Waals surface area (Å²) in [5.74, 6) is 0. The van der Waals surface area contributed by atoms with Crippen molar-refractivity contribution in [3.8, 4) is 0 Å². The van der Waals surface area contributed by atoms with E-state index >= 15 is 0 Å². The first kappa shape index (κ1) is 15.4. The molecular weight excluding hydrogens is 274 g/mol. The Kier molecular flexibility index (Phi) is 4.80. The number of nitrogens with one attached hydrogen (secondary N) is 2. The van der Waals surface area contributed by atoms with Gasteiger partial charge in [0.2, 0.25) is 10.0 Å². The SMILES string of the molecule is CC(C)(C[NH+]1CC[NH2+]CC1)NS(=O)(=O)c1ccccc1. The predicted molar refractivity (Wildman–Crippen MR) is 78.1 cm³/mol. The van der Waals surface area contributed by atoms with Crippen LogP contribution in [-0.4, -0.2) is 46.7 Å². The number of rotatable bonds is 5. The molecule has 0 spiro atoms. The van der Waals surface area contributed by atoms with Crippen molar-refractivity contribution >= 4 is 10.0 Å². The van der Waals surface area contributed by atoms with Gasteiger partial charge in [-0.25, -0.2) is 8.42 Å². The van der Waals surface area contributed by atoms with Crippen molar-refractivity contribution in [3.05, 3.63) is 30.3 Å². The third-order valence-corrected chi connectivity index (χ3v) is 5.27. The van der Waals surface area contributed by atoms with Gasteiger partial charge in [-0.15, -0.1) is 0 Å². The van der Waals surface area contributed by atoms with Gasteiger partial charge in [-0.2, -0.15) is 4.72 Å². The highest BCUT2D eigenvalue weighted by atomic mass is 32.2. The molecule has 20 heavy (non-hydrogen) atoms. The molecule has 0 amide bonds. The Morgan fingerprint density at radius 1 is 1.20 bits per heavy atom. The fourth-order valence-corrected chi connectivity index (χ4v) is 4.17. The maximum absolute atomic E-state index is 12.4. The third-order valence-electron chi connectivity index (χ3n) is 3.56. The average Bonchev–Trinajstić information content (AvgIpc) is 2.39. The molecule has 0 saturated carbocycles. The van der Waals surface area contributed by atoms with E-state index in [1.807, 2.05) is 19.9 Å². The summed E-state index contributed by atoms with van der Waals surface area (Å²) in [5, 5.41) is 2.31. The molecule has 4 N–H and O–H groups in total. The highest BCUT2D eigenvalue weighted by molar-refractivity contribution is 7.89. The summed E-state index contributed by atoms with van der Waals surface area (Å²) in [4.78, 5) is 1.79. The molecule has 0 bridgehead atoms. The number of nitrogens with two attached hydrogens (primary N) is 1. The summed E-state index contributed by atoms with van der Waals surface area (Å²) in [7, 11) is -3.44. The second-order valence-electron chi connectivity index (χ2n) is 6.10. The van der Waals surface area contributed by atoms with E-state index < -0.39 is 15.6 Å². The van der Waals surface area contributed by atoms with Crippen LogP contribution in [0.1, 0.15) is 13.8 Å². The number of sulfonamides is 1. The van der Waals surface area contributed by atoms with Crippen LogP contribution in [0.2, 0.25) is 0 Å². The first-order valence-electron chi connectivity index (χ1n) is 7.13. The van der Waals surface area contributed by atoms with Crippen LogP contribution in [0.15, 0.2) is 35.2 Å². The monoisotopic (exact) mass is 299 g/mol. The molecule has 1 aromatic rings. The maximum atomic E-state index is 12.4. The topological polar surface area (TPSA) is 67.2 Å².